The van der Waals surface area contributed by atoms with Crippen LogP contribution in [0.5, 0.6) is 5.88 Å². The lowest BCUT2D eigenvalue weighted by atomic mass is 10.2. The second-order valence-electron chi connectivity index (χ2n) is 5.60. The molecule has 0 spiro atoms. The number of amides is 3. The van der Waals surface area contributed by atoms with Gasteiger partial charge in [0.15, 0.2) is 0 Å². The molecule has 0 aliphatic heterocycles. The Morgan fingerprint density at radius 2 is 1.68 bits per heavy atom. The molecule has 1 aromatic carbocycles. The molecule has 2 aromatic rings. The minimum absolute atomic E-state index is 0.0567. The van der Waals surface area contributed by atoms with Crippen LogP contribution in [0.4, 0.5) is 16.2 Å². The molecule has 7 nitrogen and oxygen atoms in total. The predicted molar refractivity (Wildman–Crippen MR) is 97.1 cm³/mol. The van der Waals surface area contributed by atoms with Crippen molar-refractivity contribution in [1.82, 2.24) is 10.3 Å². The van der Waals surface area contributed by atoms with Gasteiger partial charge < -0.3 is 20.7 Å². The van der Waals surface area contributed by atoms with Gasteiger partial charge in [0.1, 0.15) is 0 Å². The highest BCUT2D eigenvalue weighted by atomic mass is 16.5. The molecule has 3 amide bonds. The molecule has 132 valence electrons. The molecule has 2 rings (SSSR count). The maximum Gasteiger partial charge on any atom is 0.319 e. The fraction of sp³-hybridized carbons (Fsp3) is 0.278. The summed E-state index contributed by atoms with van der Waals surface area (Å²) in [7, 11) is 0. The Balaban J connectivity index is 1.93. The number of ether oxygens (including phenoxy) is 1. The number of hydrogen-bond donors (Lipinski definition) is 3. The number of carbonyl (C=O) groups excluding carboxylic acids is 2. The van der Waals surface area contributed by atoms with Gasteiger partial charge in [-0.15, -0.1) is 0 Å². The van der Waals surface area contributed by atoms with E-state index < -0.39 is 0 Å². The standard InChI is InChI=1S/C18H22N4O3/c1-4-25-16-10-5-13(11-19-16)17(23)21-14-6-8-15(9-7-14)22-18(24)20-12(2)3/h5-12H,4H2,1-3H3,(H,21,23)(H2,20,22,24). The molecule has 25 heavy (non-hydrogen) atoms. The number of pyridine rings is 1. The Morgan fingerprint density at radius 1 is 1.04 bits per heavy atom. The summed E-state index contributed by atoms with van der Waals surface area (Å²) in [5, 5.41) is 8.23. The zero-order chi connectivity index (χ0) is 18.2. The van der Waals surface area contributed by atoms with Crippen LogP contribution in [0.25, 0.3) is 0 Å². The first-order valence-electron chi connectivity index (χ1n) is 8.05. The molecule has 0 saturated heterocycles. The van der Waals surface area contributed by atoms with E-state index in [1.54, 1.807) is 36.4 Å². The number of hydrogen-bond acceptors (Lipinski definition) is 4. The topological polar surface area (TPSA) is 92.4 Å². The van der Waals surface area contributed by atoms with E-state index >= 15 is 0 Å². The number of urea groups is 1. The fourth-order valence-electron chi connectivity index (χ4n) is 2.02. The van der Waals surface area contributed by atoms with Crippen molar-refractivity contribution in [3.05, 3.63) is 48.2 Å². The van der Waals surface area contributed by atoms with Crippen molar-refractivity contribution in [2.24, 2.45) is 0 Å². The van der Waals surface area contributed by atoms with E-state index in [1.165, 1.54) is 6.20 Å². The molecule has 0 atom stereocenters. The zero-order valence-corrected chi connectivity index (χ0v) is 14.5. The van der Waals surface area contributed by atoms with Gasteiger partial charge in [0.05, 0.1) is 12.2 Å². The Labute approximate surface area is 146 Å². The number of anilines is 2. The number of carbonyl (C=O) groups is 2. The summed E-state index contributed by atoms with van der Waals surface area (Å²) < 4.78 is 5.25. The van der Waals surface area contributed by atoms with Crippen molar-refractivity contribution in [2.75, 3.05) is 17.2 Å². The quantitative estimate of drug-likeness (QED) is 0.751. The zero-order valence-electron chi connectivity index (χ0n) is 14.5. The van der Waals surface area contributed by atoms with Gasteiger partial charge in [0.2, 0.25) is 5.88 Å². The van der Waals surface area contributed by atoms with Gasteiger partial charge in [-0.25, -0.2) is 9.78 Å². The van der Waals surface area contributed by atoms with Crippen LogP contribution in [0.2, 0.25) is 0 Å². The van der Waals surface area contributed by atoms with Gasteiger partial charge >= 0.3 is 6.03 Å². The highest BCUT2D eigenvalue weighted by Gasteiger charge is 2.08. The fourth-order valence-corrected chi connectivity index (χ4v) is 2.02. The lowest BCUT2D eigenvalue weighted by molar-refractivity contribution is 0.102. The molecule has 0 saturated carbocycles. The van der Waals surface area contributed by atoms with E-state index in [9.17, 15) is 9.59 Å². The highest BCUT2D eigenvalue weighted by molar-refractivity contribution is 6.04. The normalized spacial score (nSPS) is 10.2. The second-order valence-corrected chi connectivity index (χ2v) is 5.60. The first kappa shape index (κ1) is 18.3. The largest absolute Gasteiger partial charge is 0.478 e. The van der Waals surface area contributed by atoms with Crippen molar-refractivity contribution in [3.63, 3.8) is 0 Å². The number of aromatic nitrogens is 1. The Hall–Kier alpha value is -3.09. The Kier molecular flexibility index (Phi) is 6.33. The van der Waals surface area contributed by atoms with Gasteiger partial charge in [-0.2, -0.15) is 0 Å². The van der Waals surface area contributed by atoms with E-state index in [4.69, 9.17) is 4.74 Å². The monoisotopic (exact) mass is 342 g/mol. The van der Waals surface area contributed by atoms with Crippen molar-refractivity contribution in [2.45, 2.75) is 26.8 Å². The van der Waals surface area contributed by atoms with Crippen LogP contribution in [-0.4, -0.2) is 29.6 Å². The first-order valence-corrected chi connectivity index (χ1v) is 8.05. The van der Waals surface area contributed by atoms with Crippen molar-refractivity contribution in [3.8, 4) is 5.88 Å². The lowest BCUT2D eigenvalue weighted by Crippen LogP contribution is -2.34. The van der Waals surface area contributed by atoms with E-state index in [0.29, 0.717) is 29.4 Å². The van der Waals surface area contributed by atoms with Gasteiger partial charge in [-0.1, -0.05) is 0 Å². The Bertz CT molecular complexity index is 712. The third-order valence-electron chi connectivity index (χ3n) is 3.11. The molecular weight excluding hydrogens is 320 g/mol. The molecule has 0 unspecified atom stereocenters. The summed E-state index contributed by atoms with van der Waals surface area (Å²) in [4.78, 5) is 27.9. The van der Waals surface area contributed by atoms with Crippen LogP contribution in [0.3, 0.4) is 0 Å². The third kappa shape index (κ3) is 5.80. The van der Waals surface area contributed by atoms with Gasteiger partial charge in [-0.05, 0) is 51.1 Å². The van der Waals surface area contributed by atoms with Gasteiger partial charge in [-0.3, -0.25) is 4.79 Å². The molecule has 3 N–H and O–H groups in total. The maximum absolute atomic E-state index is 12.2. The summed E-state index contributed by atoms with van der Waals surface area (Å²) in [5.41, 5.74) is 1.69. The van der Waals surface area contributed by atoms with Crippen LogP contribution in [0.15, 0.2) is 42.6 Å². The maximum atomic E-state index is 12.2. The van der Waals surface area contributed by atoms with Crippen LogP contribution in [-0.2, 0) is 0 Å². The molecule has 7 heteroatoms. The SMILES string of the molecule is CCOc1ccc(C(=O)Nc2ccc(NC(=O)NC(C)C)cc2)cn1. The Morgan fingerprint density at radius 3 is 2.20 bits per heavy atom. The number of nitrogens with one attached hydrogen (secondary N) is 3. The molecule has 0 radical (unpaired) electrons. The van der Waals surface area contributed by atoms with Gasteiger partial charge in [0.25, 0.3) is 5.91 Å². The minimum atomic E-state index is -0.271. The minimum Gasteiger partial charge on any atom is -0.478 e. The van der Waals surface area contributed by atoms with Crippen LogP contribution >= 0.6 is 0 Å². The molecule has 0 fully saturated rings. The van der Waals surface area contributed by atoms with Crippen LogP contribution < -0.4 is 20.7 Å². The number of benzene rings is 1. The third-order valence-corrected chi connectivity index (χ3v) is 3.11. The molecular formula is C18H22N4O3. The predicted octanol–water partition coefficient (Wildman–Crippen LogP) is 3.26. The molecule has 0 aliphatic carbocycles. The van der Waals surface area contributed by atoms with Crippen molar-refractivity contribution in [1.29, 1.82) is 0 Å². The van der Waals surface area contributed by atoms with Gasteiger partial charge in [0, 0.05) is 29.7 Å². The van der Waals surface area contributed by atoms with Crippen LogP contribution in [0.1, 0.15) is 31.1 Å². The van der Waals surface area contributed by atoms with E-state index in [0.717, 1.165) is 0 Å². The molecule has 0 bridgehead atoms. The van der Waals surface area contributed by atoms with E-state index in [2.05, 4.69) is 20.9 Å². The lowest BCUT2D eigenvalue weighted by Gasteiger charge is -2.11. The highest BCUT2D eigenvalue weighted by Crippen LogP contribution is 2.15. The van der Waals surface area contributed by atoms with E-state index in [1.807, 2.05) is 20.8 Å². The molecule has 0 aliphatic rings. The summed E-state index contributed by atoms with van der Waals surface area (Å²) in [6.07, 6.45) is 1.46. The smallest absolute Gasteiger partial charge is 0.319 e. The first-order chi connectivity index (χ1) is 12.0. The van der Waals surface area contributed by atoms with Crippen molar-refractivity contribution < 1.29 is 14.3 Å². The molecule has 1 aromatic heterocycles. The number of rotatable bonds is 6. The average Bonchev–Trinajstić information content (AvgIpc) is 2.57. The summed E-state index contributed by atoms with van der Waals surface area (Å²) >= 11 is 0. The second kappa shape index (κ2) is 8.68. The van der Waals surface area contributed by atoms with Crippen molar-refractivity contribution >= 4 is 23.3 Å². The van der Waals surface area contributed by atoms with Crippen LogP contribution in [0, 0.1) is 0 Å². The number of nitrogens with zero attached hydrogens (tertiary/aromatic N) is 1. The molecule has 1 heterocycles. The summed E-state index contributed by atoms with van der Waals surface area (Å²) in [5.74, 6) is 0.211. The average molecular weight is 342 g/mol. The summed E-state index contributed by atoms with van der Waals surface area (Å²) in [6, 6.07) is 9.94. The summed E-state index contributed by atoms with van der Waals surface area (Å²) in [6.45, 7) is 6.16. The van der Waals surface area contributed by atoms with E-state index in [-0.39, 0.29) is 18.0 Å².